The van der Waals surface area contributed by atoms with Gasteiger partial charge in [-0.15, -0.1) is 0 Å². The third-order valence-electron chi connectivity index (χ3n) is 5.50. The Morgan fingerprint density at radius 2 is 2.06 bits per heavy atom. The van der Waals surface area contributed by atoms with E-state index in [4.69, 9.17) is 10.00 Å². The van der Waals surface area contributed by atoms with Gasteiger partial charge in [0, 0.05) is 24.4 Å². The van der Waals surface area contributed by atoms with E-state index >= 15 is 0 Å². The topological polar surface area (TPSA) is 95.3 Å². The fourth-order valence-electron chi connectivity index (χ4n) is 3.74. The van der Waals surface area contributed by atoms with E-state index in [1.54, 1.807) is 25.4 Å². The molecule has 2 unspecified atom stereocenters. The number of nitriles is 1. The van der Waals surface area contributed by atoms with E-state index in [9.17, 15) is 18.4 Å². The summed E-state index contributed by atoms with van der Waals surface area (Å²) in [5.41, 5.74) is 2.12. The number of carbonyl (C=O) groups is 2. The van der Waals surface area contributed by atoms with Gasteiger partial charge < -0.3 is 15.0 Å². The number of hydrogen-bond acceptors (Lipinski definition) is 5. The van der Waals surface area contributed by atoms with Gasteiger partial charge >= 0.3 is 0 Å². The highest BCUT2D eigenvalue weighted by Crippen LogP contribution is 2.31. The zero-order valence-corrected chi connectivity index (χ0v) is 17.8. The molecule has 1 N–H and O–H groups in total. The Morgan fingerprint density at radius 3 is 2.72 bits per heavy atom. The summed E-state index contributed by atoms with van der Waals surface area (Å²) in [7, 11) is 1.60. The van der Waals surface area contributed by atoms with Crippen molar-refractivity contribution in [3.05, 3.63) is 59.4 Å². The lowest BCUT2D eigenvalue weighted by Crippen LogP contribution is -2.43. The summed E-state index contributed by atoms with van der Waals surface area (Å²) >= 11 is 0. The van der Waals surface area contributed by atoms with E-state index in [1.165, 1.54) is 6.20 Å². The van der Waals surface area contributed by atoms with Crippen LogP contribution in [0.15, 0.2) is 42.7 Å². The van der Waals surface area contributed by atoms with Gasteiger partial charge in [-0.05, 0) is 41.7 Å². The SMILES string of the molecule is COc1ccc(C(C)Cc2cnccc2C(=O)NCC(=O)N2CC(F)(F)CC2C#N)cc1. The molecule has 2 heterocycles. The highest BCUT2D eigenvalue weighted by Gasteiger charge is 2.47. The second-order valence-corrected chi connectivity index (χ2v) is 7.82. The highest BCUT2D eigenvalue weighted by molar-refractivity contribution is 5.97. The number of amides is 2. The number of nitrogens with zero attached hydrogens (tertiary/aromatic N) is 3. The lowest BCUT2D eigenvalue weighted by Gasteiger charge is -2.19. The number of rotatable bonds is 7. The van der Waals surface area contributed by atoms with Crippen LogP contribution >= 0.6 is 0 Å². The van der Waals surface area contributed by atoms with Crippen LogP contribution in [0.25, 0.3) is 0 Å². The number of nitrogens with one attached hydrogen (secondary N) is 1. The summed E-state index contributed by atoms with van der Waals surface area (Å²) in [4.78, 5) is 30.0. The first-order valence-corrected chi connectivity index (χ1v) is 10.2. The van der Waals surface area contributed by atoms with Gasteiger partial charge in [0.05, 0.1) is 26.3 Å². The Kier molecular flexibility index (Phi) is 7.03. The Hall–Kier alpha value is -3.54. The number of carbonyl (C=O) groups excluding carboxylic acids is 2. The number of alkyl halides is 2. The van der Waals surface area contributed by atoms with Crippen molar-refractivity contribution in [1.82, 2.24) is 15.2 Å². The van der Waals surface area contributed by atoms with Gasteiger partial charge in [0.25, 0.3) is 11.8 Å². The van der Waals surface area contributed by atoms with Crippen molar-refractivity contribution in [2.45, 2.75) is 37.6 Å². The molecule has 1 aliphatic heterocycles. The molecule has 168 valence electrons. The van der Waals surface area contributed by atoms with Gasteiger partial charge in [-0.25, -0.2) is 8.78 Å². The van der Waals surface area contributed by atoms with Crippen LogP contribution in [0.2, 0.25) is 0 Å². The van der Waals surface area contributed by atoms with Crippen LogP contribution in [-0.2, 0) is 11.2 Å². The summed E-state index contributed by atoms with van der Waals surface area (Å²) in [6.07, 6.45) is 2.92. The Balaban J connectivity index is 1.65. The van der Waals surface area contributed by atoms with Gasteiger partial charge in [0.15, 0.2) is 0 Å². The highest BCUT2D eigenvalue weighted by atomic mass is 19.3. The molecule has 1 aromatic heterocycles. The third-order valence-corrected chi connectivity index (χ3v) is 5.50. The van der Waals surface area contributed by atoms with Gasteiger partial charge in [-0.3, -0.25) is 14.6 Å². The van der Waals surface area contributed by atoms with Gasteiger partial charge in [0.2, 0.25) is 5.91 Å². The van der Waals surface area contributed by atoms with Crippen molar-refractivity contribution < 1.29 is 23.1 Å². The minimum absolute atomic E-state index is 0.0847. The zero-order chi connectivity index (χ0) is 23.3. The molecule has 7 nitrogen and oxygen atoms in total. The minimum atomic E-state index is -3.10. The van der Waals surface area contributed by atoms with Crippen molar-refractivity contribution in [1.29, 1.82) is 5.26 Å². The molecule has 0 bridgehead atoms. The first kappa shape index (κ1) is 23.1. The third kappa shape index (κ3) is 5.38. The lowest BCUT2D eigenvalue weighted by atomic mass is 9.92. The molecule has 1 saturated heterocycles. The molecular weight excluding hydrogens is 418 g/mol. The first-order valence-electron chi connectivity index (χ1n) is 10.2. The lowest BCUT2D eigenvalue weighted by molar-refractivity contribution is -0.131. The number of pyridine rings is 1. The number of halogens is 2. The largest absolute Gasteiger partial charge is 0.497 e. The molecule has 0 radical (unpaired) electrons. The first-order chi connectivity index (χ1) is 15.2. The fourth-order valence-corrected chi connectivity index (χ4v) is 3.74. The van der Waals surface area contributed by atoms with Crippen LogP contribution in [0.4, 0.5) is 8.78 Å². The second-order valence-electron chi connectivity index (χ2n) is 7.82. The summed E-state index contributed by atoms with van der Waals surface area (Å²) < 4.78 is 32.3. The maximum Gasteiger partial charge on any atom is 0.268 e. The summed E-state index contributed by atoms with van der Waals surface area (Å²) in [5.74, 6) is -3.49. The van der Waals surface area contributed by atoms with Crippen LogP contribution in [0.3, 0.4) is 0 Å². The maximum absolute atomic E-state index is 13.6. The second kappa shape index (κ2) is 9.73. The molecule has 2 atom stereocenters. The smallest absolute Gasteiger partial charge is 0.268 e. The molecule has 32 heavy (non-hydrogen) atoms. The van der Waals surface area contributed by atoms with Crippen molar-refractivity contribution in [3.63, 3.8) is 0 Å². The molecule has 1 fully saturated rings. The van der Waals surface area contributed by atoms with Crippen LogP contribution in [0.1, 0.15) is 40.7 Å². The molecule has 0 spiro atoms. The molecule has 2 amide bonds. The van der Waals surface area contributed by atoms with E-state index in [2.05, 4.69) is 10.3 Å². The van der Waals surface area contributed by atoms with Gasteiger partial charge in [-0.1, -0.05) is 19.1 Å². The molecule has 3 rings (SSSR count). The maximum atomic E-state index is 13.6. The number of aromatic nitrogens is 1. The average Bonchev–Trinajstić information content (AvgIpc) is 3.12. The van der Waals surface area contributed by atoms with E-state index in [0.29, 0.717) is 17.5 Å². The van der Waals surface area contributed by atoms with E-state index in [0.717, 1.165) is 16.2 Å². The Labute approximate surface area is 185 Å². The van der Waals surface area contributed by atoms with E-state index in [-0.39, 0.29) is 5.92 Å². The predicted molar refractivity (Wildman–Crippen MR) is 112 cm³/mol. The Morgan fingerprint density at radius 1 is 1.34 bits per heavy atom. The molecule has 9 heteroatoms. The molecule has 1 aliphatic rings. The van der Waals surface area contributed by atoms with Crippen molar-refractivity contribution in [2.75, 3.05) is 20.2 Å². The van der Waals surface area contributed by atoms with Crippen molar-refractivity contribution in [3.8, 4) is 11.8 Å². The number of hydrogen-bond donors (Lipinski definition) is 1. The van der Waals surface area contributed by atoms with E-state index < -0.39 is 43.3 Å². The number of ether oxygens (including phenoxy) is 1. The van der Waals surface area contributed by atoms with E-state index in [1.807, 2.05) is 31.2 Å². The van der Waals surface area contributed by atoms with Crippen LogP contribution < -0.4 is 10.1 Å². The van der Waals surface area contributed by atoms with Crippen molar-refractivity contribution >= 4 is 11.8 Å². The molecular formula is C23H24F2N4O3. The minimum Gasteiger partial charge on any atom is -0.497 e. The average molecular weight is 442 g/mol. The van der Waals surface area contributed by atoms with Gasteiger partial charge in [-0.2, -0.15) is 5.26 Å². The van der Waals surface area contributed by atoms with Crippen molar-refractivity contribution in [2.24, 2.45) is 0 Å². The molecule has 1 aromatic carbocycles. The number of benzene rings is 1. The predicted octanol–water partition coefficient (Wildman–Crippen LogP) is 2.93. The molecule has 2 aromatic rings. The quantitative estimate of drug-likeness (QED) is 0.712. The van der Waals surface area contributed by atoms with Crippen LogP contribution in [0.5, 0.6) is 5.75 Å². The number of methoxy groups -OCH3 is 1. The zero-order valence-electron chi connectivity index (χ0n) is 17.8. The number of likely N-dealkylation sites (tertiary alicyclic amines) is 1. The van der Waals surface area contributed by atoms with Crippen LogP contribution in [0, 0.1) is 11.3 Å². The van der Waals surface area contributed by atoms with Crippen LogP contribution in [-0.4, -0.2) is 53.9 Å². The summed E-state index contributed by atoms with van der Waals surface area (Å²) in [5, 5.41) is 11.5. The monoisotopic (exact) mass is 442 g/mol. The molecule has 0 saturated carbocycles. The summed E-state index contributed by atoms with van der Waals surface area (Å²) in [6, 6.07) is 9.71. The summed E-state index contributed by atoms with van der Waals surface area (Å²) in [6.45, 7) is 0.734. The Bertz CT molecular complexity index is 1020. The standard InChI is InChI=1S/C23H24F2N4O3/c1-15(16-3-5-19(32-2)6-4-16)9-17-12-27-8-7-20(17)22(31)28-13-21(30)29-14-23(24,25)10-18(29)11-26/h3-8,12,15,18H,9-10,13-14H2,1-2H3,(H,28,31). The molecule has 0 aliphatic carbocycles. The normalized spacial score (nSPS) is 18.0. The fraction of sp³-hybridized carbons (Fsp3) is 0.391. The van der Waals surface area contributed by atoms with Gasteiger partial charge in [0.1, 0.15) is 11.8 Å².